The van der Waals surface area contributed by atoms with Gasteiger partial charge in [0, 0.05) is 4.88 Å². The summed E-state index contributed by atoms with van der Waals surface area (Å²) in [6.45, 7) is 0. The standard InChI is InChI=1S/C17H15NO2S/c1-20-13-6-2-4-11(8-13)14(10-18)17(19)16-9-12-5-3-7-15(12)21-16/h2,4,6,8-9,14H,3,5,7H2,1H3. The van der Waals surface area contributed by atoms with Gasteiger partial charge in [-0.3, -0.25) is 4.79 Å². The van der Waals surface area contributed by atoms with Gasteiger partial charge >= 0.3 is 0 Å². The fraction of sp³-hybridized carbons (Fsp3) is 0.294. The van der Waals surface area contributed by atoms with Gasteiger partial charge in [0.25, 0.3) is 0 Å². The van der Waals surface area contributed by atoms with Crippen LogP contribution in [0.4, 0.5) is 0 Å². The number of thiophene rings is 1. The van der Waals surface area contributed by atoms with Crippen LogP contribution in [0.15, 0.2) is 30.3 Å². The van der Waals surface area contributed by atoms with Crippen LogP contribution in [-0.2, 0) is 12.8 Å². The summed E-state index contributed by atoms with van der Waals surface area (Å²) in [5.74, 6) is -0.210. The number of Topliss-reactive ketones (excluding diaryl/α,β-unsaturated/α-hetero) is 1. The predicted molar refractivity (Wildman–Crippen MR) is 82.0 cm³/mol. The maximum atomic E-state index is 12.6. The summed E-state index contributed by atoms with van der Waals surface area (Å²) >= 11 is 1.55. The molecule has 1 unspecified atom stereocenters. The minimum atomic E-state index is -0.765. The summed E-state index contributed by atoms with van der Waals surface area (Å²) in [7, 11) is 1.58. The molecule has 1 aliphatic rings. The SMILES string of the molecule is COc1cccc(C(C#N)C(=O)c2cc3c(s2)CCC3)c1. The van der Waals surface area contributed by atoms with E-state index in [4.69, 9.17) is 4.74 Å². The van der Waals surface area contributed by atoms with Crippen molar-refractivity contribution in [2.75, 3.05) is 7.11 Å². The number of hydrogen-bond acceptors (Lipinski definition) is 4. The highest BCUT2D eigenvalue weighted by Crippen LogP contribution is 2.33. The second-order valence-electron chi connectivity index (χ2n) is 5.12. The molecule has 3 rings (SSSR count). The molecule has 0 aliphatic heterocycles. The first-order valence-corrected chi connectivity index (χ1v) is 7.74. The van der Waals surface area contributed by atoms with E-state index in [9.17, 15) is 10.1 Å². The fourth-order valence-corrected chi connectivity index (χ4v) is 3.92. The van der Waals surface area contributed by atoms with Crippen molar-refractivity contribution in [3.05, 3.63) is 51.2 Å². The molecule has 0 fully saturated rings. The molecule has 1 aliphatic carbocycles. The van der Waals surface area contributed by atoms with Gasteiger partial charge in [-0.25, -0.2) is 0 Å². The Morgan fingerprint density at radius 2 is 2.24 bits per heavy atom. The number of benzene rings is 1. The number of aryl methyl sites for hydroxylation is 2. The van der Waals surface area contributed by atoms with Crippen LogP contribution in [0.3, 0.4) is 0 Å². The third-order valence-electron chi connectivity index (χ3n) is 3.81. The van der Waals surface area contributed by atoms with Gasteiger partial charge in [-0.2, -0.15) is 5.26 Å². The molecule has 1 aromatic heterocycles. The highest BCUT2D eigenvalue weighted by Gasteiger charge is 2.26. The molecule has 106 valence electrons. The number of methoxy groups -OCH3 is 1. The lowest BCUT2D eigenvalue weighted by Crippen LogP contribution is -2.10. The molecular weight excluding hydrogens is 282 g/mol. The van der Waals surface area contributed by atoms with E-state index in [-0.39, 0.29) is 5.78 Å². The molecule has 0 radical (unpaired) electrons. The molecule has 1 atom stereocenters. The molecule has 0 N–H and O–H groups in total. The lowest BCUT2D eigenvalue weighted by Gasteiger charge is -2.09. The number of ketones is 1. The fourth-order valence-electron chi connectivity index (χ4n) is 2.70. The molecule has 4 heteroatoms. The molecule has 3 nitrogen and oxygen atoms in total. The number of hydrogen-bond donors (Lipinski definition) is 0. The monoisotopic (exact) mass is 297 g/mol. The Kier molecular flexibility index (Phi) is 3.76. The van der Waals surface area contributed by atoms with Crippen LogP contribution in [0, 0.1) is 11.3 Å². The molecule has 0 saturated heterocycles. The highest BCUT2D eigenvalue weighted by atomic mass is 32.1. The van der Waals surface area contributed by atoms with Crippen molar-refractivity contribution in [3.8, 4) is 11.8 Å². The molecule has 21 heavy (non-hydrogen) atoms. The third kappa shape index (κ3) is 2.57. The van der Waals surface area contributed by atoms with Crippen molar-refractivity contribution in [1.82, 2.24) is 0 Å². The maximum Gasteiger partial charge on any atom is 0.194 e. The summed E-state index contributed by atoms with van der Waals surface area (Å²) in [5.41, 5.74) is 1.97. The Bertz CT molecular complexity index is 705. The number of carbonyl (C=O) groups is 1. The normalized spacial score (nSPS) is 14.3. The average molecular weight is 297 g/mol. The van der Waals surface area contributed by atoms with Crippen molar-refractivity contribution >= 4 is 17.1 Å². The van der Waals surface area contributed by atoms with E-state index in [1.54, 1.807) is 36.6 Å². The molecule has 0 amide bonds. The highest BCUT2D eigenvalue weighted by molar-refractivity contribution is 7.14. The number of rotatable bonds is 4. The molecule has 1 heterocycles. The molecule has 0 bridgehead atoms. The summed E-state index contributed by atoms with van der Waals surface area (Å²) in [5, 5.41) is 9.42. The maximum absolute atomic E-state index is 12.6. The third-order valence-corrected chi connectivity index (χ3v) is 5.06. The van der Waals surface area contributed by atoms with Crippen molar-refractivity contribution < 1.29 is 9.53 Å². The zero-order valence-corrected chi connectivity index (χ0v) is 12.6. The average Bonchev–Trinajstić information content (AvgIpc) is 3.09. The Labute approximate surface area is 127 Å². The Balaban J connectivity index is 1.91. The van der Waals surface area contributed by atoms with Gasteiger partial charge in [-0.05, 0) is 48.6 Å². The van der Waals surface area contributed by atoms with Gasteiger partial charge < -0.3 is 4.74 Å². The zero-order valence-electron chi connectivity index (χ0n) is 11.8. The Morgan fingerprint density at radius 1 is 1.38 bits per heavy atom. The first kappa shape index (κ1) is 13.8. The van der Waals surface area contributed by atoms with E-state index < -0.39 is 5.92 Å². The number of nitriles is 1. The van der Waals surface area contributed by atoms with Crippen molar-refractivity contribution in [1.29, 1.82) is 5.26 Å². The smallest absolute Gasteiger partial charge is 0.194 e. The van der Waals surface area contributed by atoms with Crippen molar-refractivity contribution in [2.45, 2.75) is 25.2 Å². The van der Waals surface area contributed by atoms with Crippen molar-refractivity contribution in [3.63, 3.8) is 0 Å². The lowest BCUT2D eigenvalue weighted by atomic mass is 9.95. The molecule has 0 saturated carbocycles. The van der Waals surface area contributed by atoms with Crippen LogP contribution in [0.25, 0.3) is 0 Å². The second kappa shape index (κ2) is 5.71. The molecule has 2 aromatic rings. The van der Waals surface area contributed by atoms with Crippen molar-refractivity contribution in [2.24, 2.45) is 0 Å². The van der Waals surface area contributed by atoms with Gasteiger partial charge in [0.15, 0.2) is 5.78 Å². The van der Waals surface area contributed by atoms with Gasteiger partial charge in [-0.15, -0.1) is 11.3 Å². The van der Waals surface area contributed by atoms with Gasteiger partial charge in [0.2, 0.25) is 0 Å². The summed E-state index contributed by atoms with van der Waals surface area (Å²) < 4.78 is 5.17. The molecule has 1 aromatic carbocycles. The van der Waals surface area contributed by atoms with Crippen LogP contribution in [0.2, 0.25) is 0 Å². The van der Waals surface area contributed by atoms with Crippen LogP contribution in [-0.4, -0.2) is 12.9 Å². The van der Waals surface area contributed by atoms with E-state index in [0.29, 0.717) is 16.2 Å². The number of nitrogens with zero attached hydrogens (tertiary/aromatic N) is 1. The number of ether oxygens (including phenoxy) is 1. The van der Waals surface area contributed by atoms with Crippen LogP contribution < -0.4 is 4.74 Å². The largest absolute Gasteiger partial charge is 0.497 e. The number of carbonyl (C=O) groups excluding carboxylic acids is 1. The van der Waals surface area contributed by atoms with Gasteiger partial charge in [0.1, 0.15) is 11.7 Å². The van der Waals surface area contributed by atoms with Gasteiger partial charge in [-0.1, -0.05) is 12.1 Å². The summed E-state index contributed by atoms with van der Waals surface area (Å²) in [4.78, 5) is 14.6. The first-order chi connectivity index (χ1) is 10.2. The Morgan fingerprint density at radius 3 is 2.95 bits per heavy atom. The second-order valence-corrected chi connectivity index (χ2v) is 6.25. The van der Waals surface area contributed by atoms with Crippen LogP contribution in [0.1, 0.15) is 38.0 Å². The lowest BCUT2D eigenvalue weighted by molar-refractivity contribution is 0.0982. The Hall–Kier alpha value is -2.12. The van der Waals surface area contributed by atoms with E-state index >= 15 is 0 Å². The van der Waals surface area contributed by atoms with E-state index in [1.807, 2.05) is 12.1 Å². The molecule has 0 spiro atoms. The van der Waals surface area contributed by atoms with E-state index in [2.05, 4.69) is 6.07 Å². The minimum absolute atomic E-state index is 0.106. The quantitative estimate of drug-likeness (QED) is 0.808. The van der Waals surface area contributed by atoms with Crippen LogP contribution >= 0.6 is 11.3 Å². The number of fused-ring (bicyclic) bond motifs is 1. The van der Waals surface area contributed by atoms with Gasteiger partial charge in [0.05, 0.1) is 18.1 Å². The topological polar surface area (TPSA) is 50.1 Å². The first-order valence-electron chi connectivity index (χ1n) is 6.92. The predicted octanol–water partition coefficient (Wildman–Crippen LogP) is 3.74. The van der Waals surface area contributed by atoms with E-state index in [0.717, 1.165) is 12.8 Å². The summed E-state index contributed by atoms with van der Waals surface area (Å²) in [6, 6.07) is 11.3. The molecular formula is C17H15NO2S. The van der Waals surface area contributed by atoms with E-state index in [1.165, 1.54) is 16.9 Å². The minimum Gasteiger partial charge on any atom is -0.497 e. The summed E-state index contributed by atoms with van der Waals surface area (Å²) in [6.07, 6.45) is 3.28. The van der Waals surface area contributed by atoms with Crippen LogP contribution in [0.5, 0.6) is 5.75 Å². The zero-order chi connectivity index (χ0) is 14.8.